The van der Waals surface area contributed by atoms with E-state index >= 15 is 0 Å². The largest absolute Gasteiger partial charge is 0.486 e. The van der Waals surface area contributed by atoms with Gasteiger partial charge in [-0.25, -0.2) is 0 Å². The summed E-state index contributed by atoms with van der Waals surface area (Å²) in [6.45, 7) is 0.782. The molecule has 0 aliphatic heterocycles. The fraction of sp³-hybridized carbons (Fsp3) is 0.167. The number of hydrogen-bond donors (Lipinski definition) is 2. The SMILES string of the molecule is O=C(NCCS)c1ccc(COc2ccc3ccccc3c2)o1. The maximum absolute atomic E-state index is 11.8. The van der Waals surface area contributed by atoms with Gasteiger partial charge in [0, 0.05) is 12.3 Å². The van der Waals surface area contributed by atoms with Gasteiger partial charge in [0.05, 0.1) is 0 Å². The molecule has 0 unspecified atom stereocenters. The van der Waals surface area contributed by atoms with E-state index in [1.165, 1.54) is 5.39 Å². The number of carbonyl (C=O) groups excluding carboxylic acids is 1. The number of furan rings is 1. The zero-order valence-corrected chi connectivity index (χ0v) is 13.4. The Kier molecular flexibility index (Phi) is 4.88. The third-order valence-corrected chi connectivity index (χ3v) is 3.61. The molecule has 3 rings (SSSR count). The number of benzene rings is 2. The molecular weight excluding hydrogens is 310 g/mol. The van der Waals surface area contributed by atoms with Crippen LogP contribution in [0.3, 0.4) is 0 Å². The maximum atomic E-state index is 11.8. The minimum Gasteiger partial charge on any atom is -0.486 e. The van der Waals surface area contributed by atoms with Crippen LogP contribution in [-0.4, -0.2) is 18.2 Å². The molecule has 1 N–H and O–H groups in total. The van der Waals surface area contributed by atoms with E-state index in [-0.39, 0.29) is 18.3 Å². The van der Waals surface area contributed by atoms with Gasteiger partial charge in [0.25, 0.3) is 5.91 Å². The monoisotopic (exact) mass is 327 g/mol. The number of fused-ring (bicyclic) bond motifs is 1. The van der Waals surface area contributed by atoms with E-state index in [0.717, 1.165) is 11.1 Å². The van der Waals surface area contributed by atoms with Gasteiger partial charge >= 0.3 is 0 Å². The maximum Gasteiger partial charge on any atom is 0.287 e. The second kappa shape index (κ2) is 7.24. The van der Waals surface area contributed by atoms with E-state index in [0.29, 0.717) is 18.1 Å². The second-order valence-electron chi connectivity index (χ2n) is 5.04. The van der Waals surface area contributed by atoms with Gasteiger partial charge in [-0.15, -0.1) is 0 Å². The van der Waals surface area contributed by atoms with Crippen LogP contribution in [0.1, 0.15) is 16.3 Å². The van der Waals surface area contributed by atoms with Crippen molar-refractivity contribution < 1.29 is 13.9 Å². The molecule has 0 saturated carbocycles. The summed E-state index contributed by atoms with van der Waals surface area (Å²) in [6.07, 6.45) is 0. The third-order valence-electron chi connectivity index (χ3n) is 3.38. The average molecular weight is 327 g/mol. The molecule has 1 aromatic heterocycles. The van der Waals surface area contributed by atoms with Gasteiger partial charge in [0.2, 0.25) is 0 Å². The number of carbonyl (C=O) groups is 1. The van der Waals surface area contributed by atoms with Crippen LogP contribution >= 0.6 is 12.6 Å². The summed E-state index contributed by atoms with van der Waals surface area (Å²) in [5, 5.41) is 5.00. The molecule has 5 heteroatoms. The molecule has 0 aliphatic rings. The zero-order chi connectivity index (χ0) is 16.1. The molecule has 0 saturated heterocycles. The summed E-state index contributed by atoms with van der Waals surface area (Å²) >= 11 is 4.05. The molecule has 1 heterocycles. The highest BCUT2D eigenvalue weighted by atomic mass is 32.1. The molecule has 0 atom stereocenters. The van der Waals surface area contributed by atoms with Gasteiger partial charge in [-0.3, -0.25) is 4.79 Å². The summed E-state index contributed by atoms with van der Waals surface area (Å²) in [7, 11) is 0. The van der Waals surface area contributed by atoms with Crippen LogP contribution in [0.25, 0.3) is 10.8 Å². The molecule has 23 heavy (non-hydrogen) atoms. The minimum atomic E-state index is -0.240. The first-order valence-corrected chi connectivity index (χ1v) is 7.99. The third kappa shape index (κ3) is 3.87. The Labute approximate surface area is 139 Å². The first kappa shape index (κ1) is 15.5. The van der Waals surface area contributed by atoms with Gasteiger partial charge < -0.3 is 14.5 Å². The molecule has 4 nitrogen and oxygen atoms in total. The minimum absolute atomic E-state index is 0.240. The topological polar surface area (TPSA) is 51.5 Å². The Balaban J connectivity index is 1.63. The Hall–Kier alpha value is -2.40. The number of hydrogen-bond acceptors (Lipinski definition) is 4. The van der Waals surface area contributed by atoms with Gasteiger partial charge in [-0.1, -0.05) is 30.3 Å². The highest BCUT2D eigenvalue weighted by molar-refractivity contribution is 7.80. The van der Waals surface area contributed by atoms with Crippen molar-refractivity contribution in [1.29, 1.82) is 0 Å². The average Bonchev–Trinajstić information content (AvgIpc) is 3.07. The van der Waals surface area contributed by atoms with Crippen molar-refractivity contribution in [3.63, 3.8) is 0 Å². The lowest BCUT2D eigenvalue weighted by atomic mass is 10.1. The van der Waals surface area contributed by atoms with E-state index in [2.05, 4.69) is 24.0 Å². The van der Waals surface area contributed by atoms with Crippen LogP contribution in [0.15, 0.2) is 59.0 Å². The van der Waals surface area contributed by atoms with E-state index in [1.54, 1.807) is 12.1 Å². The van der Waals surface area contributed by atoms with Gasteiger partial charge in [-0.05, 0) is 35.0 Å². The summed E-state index contributed by atoms with van der Waals surface area (Å²) in [4.78, 5) is 11.8. The van der Waals surface area contributed by atoms with E-state index in [9.17, 15) is 4.79 Å². The highest BCUT2D eigenvalue weighted by Gasteiger charge is 2.10. The molecule has 0 spiro atoms. The fourth-order valence-electron chi connectivity index (χ4n) is 2.25. The number of ether oxygens (including phenoxy) is 1. The molecule has 1 amide bonds. The van der Waals surface area contributed by atoms with Crippen LogP contribution < -0.4 is 10.1 Å². The summed E-state index contributed by atoms with van der Waals surface area (Å²) in [5.74, 6) is 2.00. The number of amides is 1. The quantitative estimate of drug-likeness (QED) is 0.679. The molecular formula is C18H17NO3S. The van der Waals surface area contributed by atoms with Crippen LogP contribution in [0.4, 0.5) is 0 Å². The van der Waals surface area contributed by atoms with Crippen molar-refractivity contribution in [1.82, 2.24) is 5.32 Å². The van der Waals surface area contributed by atoms with Gasteiger partial charge in [0.1, 0.15) is 18.1 Å². The van der Waals surface area contributed by atoms with E-state index in [1.807, 2.05) is 36.4 Å². The van der Waals surface area contributed by atoms with E-state index in [4.69, 9.17) is 9.15 Å². The molecule has 3 aromatic rings. The Morgan fingerprint density at radius 2 is 1.91 bits per heavy atom. The predicted molar refractivity (Wildman–Crippen MR) is 93.2 cm³/mol. The number of thiol groups is 1. The first-order chi connectivity index (χ1) is 11.3. The van der Waals surface area contributed by atoms with Crippen LogP contribution in [0, 0.1) is 0 Å². The molecule has 118 valence electrons. The van der Waals surface area contributed by atoms with Gasteiger partial charge in [0.15, 0.2) is 5.76 Å². The number of nitrogens with one attached hydrogen (secondary N) is 1. The molecule has 2 aromatic carbocycles. The second-order valence-corrected chi connectivity index (χ2v) is 5.49. The van der Waals surface area contributed by atoms with Crippen molar-refractivity contribution in [2.45, 2.75) is 6.61 Å². The van der Waals surface area contributed by atoms with Crippen LogP contribution in [0.5, 0.6) is 5.75 Å². The van der Waals surface area contributed by atoms with Crippen molar-refractivity contribution in [3.8, 4) is 5.75 Å². The molecule has 0 aliphatic carbocycles. The molecule has 0 radical (unpaired) electrons. The molecule has 0 fully saturated rings. The van der Waals surface area contributed by atoms with Crippen molar-refractivity contribution in [3.05, 3.63) is 66.1 Å². The van der Waals surface area contributed by atoms with Gasteiger partial charge in [-0.2, -0.15) is 12.6 Å². The predicted octanol–water partition coefficient (Wildman–Crippen LogP) is 3.67. The van der Waals surface area contributed by atoms with Crippen molar-refractivity contribution in [2.24, 2.45) is 0 Å². The lowest BCUT2D eigenvalue weighted by Crippen LogP contribution is -2.24. The zero-order valence-electron chi connectivity index (χ0n) is 12.5. The van der Waals surface area contributed by atoms with Crippen LogP contribution in [0.2, 0.25) is 0 Å². The number of rotatable bonds is 6. The Morgan fingerprint density at radius 1 is 1.09 bits per heavy atom. The Morgan fingerprint density at radius 3 is 2.74 bits per heavy atom. The summed E-state index contributed by atoms with van der Waals surface area (Å²) < 4.78 is 11.2. The normalized spacial score (nSPS) is 10.7. The first-order valence-electron chi connectivity index (χ1n) is 7.35. The Bertz CT molecular complexity index is 813. The fourth-order valence-corrected chi connectivity index (χ4v) is 2.36. The summed E-state index contributed by atoms with van der Waals surface area (Å²) in [5.41, 5.74) is 0. The van der Waals surface area contributed by atoms with Crippen molar-refractivity contribution in [2.75, 3.05) is 12.3 Å². The van der Waals surface area contributed by atoms with Crippen LogP contribution in [-0.2, 0) is 6.61 Å². The smallest absolute Gasteiger partial charge is 0.287 e. The lowest BCUT2D eigenvalue weighted by molar-refractivity contribution is 0.0924. The van der Waals surface area contributed by atoms with Crippen molar-refractivity contribution >= 4 is 29.3 Å². The lowest BCUT2D eigenvalue weighted by Gasteiger charge is -2.06. The highest BCUT2D eigenvalue weighted by Crippen LogP contribution is 2.21. The van der Waals surface area contributed by atoms with E-state index < -0.39 is 0 Å². The standard InChI is InChI=1S/C18H17NO3S/c20-18(19-9-10-23)17-8-7-16(22-17)12-21-15-6-5-13-3-1-2-4-14(13)11-15/h1-8,11,23H,9-10,12H2,(H,19,20). The summed E-state index contributed by atoms with van der Waals surface area (Å²) in [6, 6.07) is 17.4. The molecule has 0 bridgehead atoms.